The lowest BCUT2D eigenvalue weighted by atomic mass is 10.1. The highest BCUT2D eigenvalue weighted by Gasteiger charge is 2.10. The summed E-state index contributed by atoms with van der Waals surface area (Å²) < 4.78 is 18.2. The molecule has 0 amide bonds. The molecule has 17 heavy (non-hydrogen) atoms. The Morgan fingerprint density at radius 1 is 1.47 bits per heavy atom. The number of nitrogens with one attached hydrogen (secondary N) is 1. The number of ether oxygens (including phenoxy) is 1. The number of benzene rings is 1. The summed E-state index contributed by atoms with van der Waals surface area (Å²) in [6.45, 7) is 4.23. The van der Waals surface area contributed by atoms with Gasteiger partial charge in [0.15, 0.2) is 5.78 Å². The average molecular weight is 239 g/mol. The molecule has 0 bridgehead atoms. The van der Waals surface area contributed by atoms with E-state index in [9.17, 15) is 9.18 Å². The third kappa shape index (κ3) is 4.53. The molecule has 1 aromatic carbocycles. The molecule has 0 aromatic heterocycles. The van der Waals surface area contributed by atoms with Gasteiger partial charge in [-0.3, -0.25) is 4.79 Å². The highest BCUT2D eigenvalue weighted by atomic mass is 19.1. The molecule has 0 atom stereocenters. The second kappa shape index (κ2) is 6.35. The van der Waals surface area contributed by atoms with E-state index in [1.807, 2.05) is 13.8 Å². The van der Waals surface area contributed by atoms with Gasteiger partial charge in [-0.05, 0) is 18.2 Å². The molecule has 0 saturated carbocycles. The first-order valence-electron chi connectivity index (χ1n) is 5.60. The summed E-state index contributed by atoms with van der Waals surface area (Å²) in [7, 11) is 1.51. The molecule has 4 heteroatoms. The van der Waals surface area contributed by atoms with Crippen molar-refractivity contribution in [3.05, 3.63) is 29.6 Å². The third-order valence-corrected chi connectivity index (χ3v) is 2.34. The van der Waals surface area contributed by atoms with Gasteiger partial charge in [0.1, 0.15) is 11.6 Å². The van der Waals surface area contributed by atoms with Crippen molar-refractivity contribution in [2.45, 2.75) is 26.3 Å². The largest absolute Gasteiger partial charge is 0.496 e. The zero-order chi connectivity index (χ0) is 12.8. The number of halogens is 1. The van der Waals surface area contributed by atoms with E-state index in [2.05, 4.69) is 5.32 Å². The van der Waals surface area contributed by atoms with Gasteiger partial charge in [0.05, 0.1) is 13.7 Å². The maximum Gasteiger partial charge on any atom is 0.151 e. The molecule has 0 unspecified atom stereocenters. The summed E-state index contributed by atoms with van der Waals surface area (Å²) >= 11 is 0. The molecule has 0 fully saturated rings. The van der Waals surface area contributed by atoms with Gasteiger partial charge < -0.3 is 10.1 Å². The first-order valence-corrected chi connectivity index (χ1v) is 5.60. The number of hydrogen-bond acceptors (Lipinski definition) is 3. The van der Waals surface area contributed by atoms with Crippen molar-refractivity contribution in [3.8, 4) is 5.75 Å². The van der Waals surface area contributed by atoms with Crippen LogP contribution < -0.4 is 10.1 Å². The van der Waals surface area contributed by atoms with E-state index in [0.717, 1.165) is 0 Å². The van der Waals surface area contributed by atoms with Gasteiger partial charge in [-0.2, -0.15) is 0 Å². The van der Waals surface area contributed by atoms with E-state index in [4.69, 9.17) is 4.74 Å². The van der Waals surface area contributed by atoms with Crippen LogP contribution in [0.3, 0.4) is 0 Å². The van der Waals surface area contributed by atoms with Gasteiger partial charge in [0, 0.05) is 18.0 Å². The molecule has 1 N–H and O–H groups in total. The minimum absolute atomic E-state index is 0.0163. The highest BCUT2D eigenvalue weighted by Crippen LogP contribution is 2.19. The number of methoxy groups -OCH3 is 1. The maximum absolute atomic E-state index is 13.1. The minimum Gasteiger partial charge on any atom is -0.496 e. The molecular weight excluding hydrogens is 221 g/mol. The second-order valence-corrected chi connectivity index (χ2v) is 4.21. The summed E-state index contributed by atoms with van der Waals surface area (Å²) in [4.78, 5) is 11.7. The third-order valence-electron chi connectivity index (χ3n) is 2.34. The van der Waals surface area contributed by atoms with Crippen molar-refractivity contribution in [1.82, 2.24) is 5.32 Å². The van der Waals surface area contributed by atoms with Crippen LogP contribution in [0.4, 0.5) is 4.39 Å². The quantitative estimate of drug-likeness (QED) is 0.824. The predicted molar refractivity (Wildman–Crippen MR) is 64.8 cm³/mol. The number of ketones is 1. The van der Waals surface area contributed by atoms with E-state index in [-0.39, 0.29) is 30.6 Å². The summed E-state index contributed by atoms with van der Waals surface area (Å²) in [6.07, 6.45) is 0.181. The van der Waals surface area contributed by atoms with Crippen LogP contribution in [0.1, 0.15) is 19.4 Å². The number of Topliss-reactive ketones (excluding diaryl/α,β-unsaturated/α-hetero) is 1. The van der Waals surface area contributed by atoms with Crippen LogP contribution in [0.5, 0.6) is 5.75 Å². The van der Waals surface area contributed by atoms with Gasteiger partial charge in [-0.15, -0.1) is 0 Å². The molecule has 0 spiro atoms. The Balaban J connectivity index is 2.66. The summed E-state index contributed by atoms with van der Waals surface area (Å²) in [5.74, 6) is 0.206. The lowest BCUT2D eigenvalue weighted by molar-refractivity contribution is -0.117. The van der Waals surface area contributed by atoms with Crippen LogP contribution >= 0.6 is 0 Å². The Labute approximate surface area is 101 Å². The maximum atomic E-state index is 13.1. The fraction of sp³-hybridized carbons (Fsp3) is 0.462. The normalized spacial score (nSPS) is 10.6. The zero-order valence-corrected chi connectivity index (χ0v) is 10.4. The topological polar surface area (TPSA) is 38.3 Å². The average Bonchev–Trinajstić information content (AvgIpc) is 2.27. The van der Waals surface area contributed by atoms with Crippen molar-refractivity contribution in [1.29, 1.82) is 0 Å². The Hall–Kier alpha value is -1.42. The fourth-order valence-electron chi connectivity index (χ4n) is 1.48. The molecule has 1 aromatic rings. The van der Waals surface area contributed by atoms with Gasteiger partial charge >= 0.3 is 0 Å². The van der Waals surface area contributed by atoms with E-state index >= 15 is 0 Å². The molecule has 0 saturated heterocycles. The van der Waals surface area contributed by atoms with Gasteiger partial charge in [0.2, 0.25) is 0 Å². The standard InChI is InChI=1S/C13H18FNO2/c1-9(2)15-8-12(16)7-10-6-11(14)4-5-13(10)17-3/h4-6,9,15H,7-8H2,1-3H3. The predicted octanol–water partition coefficient (Wildman–Crippen LogP) is 1.94. The van der Waals surface area contributed by atoms with E-state index in [0.29, 0.717) is 11.3 Å². The Kier molecular flexibility index (Phi) is 5.10. The van der Waals surface area contributed by atoms with Gasteiger partial charge in [-0.1, -0.05) is 13.8 Å². The summed E-state index contributed by atoms with van der Waals surface area (Å²) in [5.41, 5.74) is 0.586. The molecule has 1 rings (SSSR count). The van der Waals surface area contributed by atoms with E-state index in [1.165, 1.54) is 25.3 Å². The minimum atomic E-state index is -0.356. The summed E-state index contributed by atoms with van der Waals surface area (Å²) in [5, 5.41) is 3.03. The second-order valence-electron chi connectivity index (χ2n) is 4.21. The van der Waals surface area contributed by atoms with Crippen LogP contribution in [0.2, 0.25) is 0 Å². The van der Waals surface area contributed by atoms with Crippen molar-refractivity contribution in [3.63, 3.8) is 0 Å². The van der Waals surface area contributed by atoms with Crippen LogP contribution in [0.15, 0.2) is 18.2 Å². The van der Waals surface area contributed by atoms with E-state index in [1.54, 1.807) is 0 Å². The first kappa shape index (κ1) is 13.6. The first-order chi connectivity index (χ1) is 8.02. The smallest absolute Gasteiger partial charge is 0.151 e. The van der Waals surface area contributed by atoms with Gasteiger partial charge in [0.25, 0.3) is 0 Å². The fourth-order valence-corrected chi connectivity index (χ4v) is 1.48. The van der Waals surface area contributed by atoms with Gasteiger partial charge in [-0.25, -0.2) is 4.39 Å². The molecule has 94 valence electrons. The number of carbonyl (C=O) groups is 1. The van der Waals surface area contributed by atoms with E-state index < -0.39 is 0 Å². The van der Waals surface area contributed by atoms with Crippen LogP contribution in [0.25, 0.3) is 0 Å². The highest BCUT2D eigenvalue weighted by molar-refractivity contribution is 5.83. The van der Waals surface area contributed by atoms with Crippen molar-refractivity contribution in [2.75, 3.05) is 13.7 Å². The lowest BCUT2D eigenvalue weighted by Crippen LogP contribution is -2.30. The Morgan fingerprint density at radius 2 is 2.18 bits per heavy atom. The lowest BCUT2D eigenvalue weighted by Gasteiger charge is -2.10. The molecule has 0 radical (unpaired) electrons. The van der Waals surface area contributed by atoms with Crippen molar-refractivity contribution in [2.24, 2.45) is 0 Å². The van der Waals surface area contributed by atoms with Crippen LogP contribution in [-0.2, 0) is 11.2 Å². The molecule has 0 aliphatic heterocycles. The molecule has 3 nitrogen and oxygen atoms in total. The Morgan fingerprint density at radius 3 is 2.76 bits per heavy atom. The monoisotopic (exact) mass is 239 g/mol. The molecule has 0 heterocycles. The molecule has 0 aliphatic carbocycles. The number of hydrogen-bond donors (Lipinski definition) is 1. The summed E-state index contributed by atoms with van der Waals surface area (Å²) in [6, 6.07) is 4.45. The zero-order valence-electron chi connectivity index (χ0n) is 10.4. The Bertz CT molecular complexity index is 391. The number of carbonyl (C=O) groups excluding carboxylic acids is 1. The van der Waals surface area contributed by atoms with Crippen molar-refractivity contribution < 1.29 is 13.9 Å². The SMILES string of the molecule is COc1ccc(F)cc1CC(=O)CNC(C)C. The molecular formula is C13H18FNO2. The van der Waals surface area contributed by atoms with Crippen LogP contribution in [0, 0.1) is 5.82 Å². The number of rotatable bonds is 6. The van der Waals surface area contributed by atoms with Crippen molar-refractivity contribution >= 4 is 5.78 Å². The van der Waals surface area contributed by atoms with Crippen LogP contribution in [-0.4, -0.2) is 25.5 Å². The molecule has 0 aliphatic rings.